The molecule has 0 saturated carbocycles. The molecule has 1 N–H and O–H groups in total. The van der Waals surface area contributed by atoms with Gasteiger partial charge in [-0.2, -0.15) is 0 Å². The molecule has 0 amide bonds. The van der Waals surface area contributed by atoms with Gasteiger partial charge in [0.1, 0.15) is 0 Å². The average molecular weight is 308 g/mol. The monoisotopic (exact) mass is 308 g/mol. The highest BCUT2D eigenvalue weighted by Gasteiger charge is 2.14. The zero-order chi connectivity index (χ0) is 18.1. The maximum Gasteiger partial charge on any atom is 0.357 e. The molecule has 1 aromatic rings. The van der Waals surface area contributed by atoms with Gasteiger partial charge in [0.2, 0.25) is 0 Å². The van der Waals surface area contributed by atoms with Gasteiger partial charge in [0, 0.05) is 0 Å². The van der Waals surface area contributed by atoms with E-state index >= 15 is 0 Å². The van der Waals surface area contributed by atoms with Crippen molar-refractivity contribution in [3.63, 3.8) is 0 Å². The van der Waals surface area contributed by atoms with Gasteiger partial charge in [-0.05, 0) is 6.92 Å². The van der Waals surface area contributed by atoms with Crippen LogP contribution in [0, 0.1) is 6.92 Å². The van der Waals surface area contributed by atoms with E-state index in [0.717, 1.165) is 0 Å². The van der Waals surface area contributed by atoms with Crippen LogP contribution in [0.4, 0.5) is 0 Å². The molecule has 0 radical (unpaired) electrons. The molecule has 0 aliphatic carbocycles. The molecule has 0 atom stereocenters. The van der Waals surface area contributed by atoms with Crippen molar-refractivity contribution < 1.29 is 5.02 Å². The third kappa shape index (κ3) is 13.1. The van der Waals surface area contributed by atoms with E-state index in [4.69, 9.17) is 0 Å². The fraction of sp³-hybridized carbons (Fsp3) is 0.143. The van der Waals surface area contributed by atoms with E-state index < -0.39 is 6.92 Å². The third-order valence-electron chi connectivity index (χ3n) is 2.54. The van der Waals surface area contributed by atoms with Crippen molar-refractivity contribution in [2.75, 3.05) is 0 Å². The second-order valence-corrected chi connectivity index (χ2v) is 4.40. The van der Waals surface area contributed by atoms with Crippen molar-refractivity contribution in [3.8, 4) is 0 Å². The predicted molar refractivity (Wildman–Crippen MR) is 107 cm³/mol. The Labute approximate surface area is 142 Å². The fourth-order valence-corrected chi connectivity index (χ4v) is 1.34. The van der Waals surface area contributed by atoms with Crippen LogP contribution in [0.5, 0.6) is 0 Å². The molecule has 0 aliphatic rings. The minimum Gasteiger partial charge on any atom is -0.443 e. The molecule has 0 fully saturated rings. The first-order valence-electron chi connectivity index (χ1n) is 7.68. The Morgan fingerprint density at radius 3 is 1.57 bits per heavy atom. The molecule has 23 heavy (non-hydrogen) atoms. The number of hydrogen-bond donors (Lipinski definition) is 1. The smallest absolute Gasteiger partial charge is 0.357 e. The largest absolute Gasteiger partial charge is 0.443 e. The van der Waals surface area contributed by atoms with Crippen molar-refractivity contribution in [2.24, 2.45) is 0 Å². The second-order valence-electron chi connectivity index (χ2n) is 4.40. The standard InChI is InChI=1S/C12H15BO.C7H8.C2H6/c1-5-7-9-11(3)13(14)12(4)10-8-6-2;1-7-5-3-2-4-6-7;1-2/h5-10,14H,1-4H2;2-6H,1H3;1-2H3/b9-7-,10-8-;;. The van der Waals surface area contributed by atoms with Crippen LogP contribution < -0.4 is 0 Å². The summed E-state index contributed by atoms with van der Waals surface area (Å²) in [5.74, 6) is 0. The Morgan fingerprint density at radius 1 is 0.913 bits per heavy atom. The summed E-state index contributed by atoms with van der Waals surface area (Å²) in [6, 6.07) is 10.3. The Hall–Kier alpha value is -2.32. The molecule has 0 aliphatic heterocycles. The fourth-order valence-electron chi connectivity index (χ4n) is 1.34. The highest BCUT2D eigenvalue weighted by molar-refractivity contribution is 6.68. The van der Waals surface area contributed by atoms with Crippen LogP contribution >= 0.6 is 0 Å². The molecule has 0 unspecified atom stereocenters. The summed E-state index contributed by atoms with van der Waals surface area (Å²) in [6.45, 7) is 19.8. The van der Waals surface area contributed by atoms with Gasteiger partial charge < -0.3 is 5.02 Å². The number of aryl methyl sites for hydroxylation is 1. The van der Waals surface area contributed by atoms with Crippen LogP contribution in [-0.4, -0.2) is 11.9 Å². The van der Waals surface area contributed by atoms with E-state index in [0.29, 0.717) is 10.9 Å². The van der Waals surface area contributed by atoms with Gasteiger partial charge >= 0.3 is 6.92 Å². The van der Waals surface area contributed by atoms with Crippen molar-refractivity contribution in [1.29, 1.82) is 0 Å². The van der Waals surface area contributed by atoms with E-state index in [1.54, 1.807) is 36.5 Å². The average Bonchev–Trinajstić information content (AvgIpc) is 2.59. The maximum atomic E-state index is 9.67. The van der Waals surface area contributed by atoms with Crippen LogP contribution in [0.3, 0.4) is 0 Å². The lowest BCUT2D eigenvalue weighted by Gasteiger charge is -2.05. The molecule has 1 aromatic carbocycles. The highest BCUT2D eigenvalue weighted by Crippen LogP contribution is 2.07. The summed E-state index contributed by atoms with van der Waals surface area (Å²) >= 11 is 0. The van der Waals surface area contributed by atoms with Crippen LogP contribution in [-0.2, 0) is 0 Å². The first-order chi connectivity index (χ1) is 11.0. The summed E-state index contributed by atoms with van der Waals surface area (Å²) in [6.07, 6.45) is 10.1. The zero-order valence-electron chi connectivity index (χ0n) is 14.7. The van der Waals surface area contributed by atoms with Crippen molar-refractivity contribution >= 4 is 6.92 Å². The van der Waals surface area contributed by atoms with Gasteiger partial charge in [0.15, 0.2) is 0 Å². The minimum atomic E-state index is -0.748. The van der Waals surface area contributed by atoms with Gasteiger partial charge in [-0.3, -0.25) is 0 Å². The van der Waals surface area contributed by atoms with Gasteiger partial charge in [-0.1, -0.05) is 110 Å². The summed E-state index contributed by atoms with van der Waals surface area (Å²) in [5, 5.41) is 9.67. The molecule has 1 nitrogen and oxygen atoms in total. The van der Waals surface area contributed by atoms with Gasteiger partial charge in [-0.15, -0.1) is 13.2 Å². The molecule has 1 rings (SSSR count). The van der Waals surface area contributed by atoms with Crippen LogP contribution in [0.2, 0.25) is 0 Å². The molecule has 0 heterocycles. The molecule has 0 spiro atoms. The summed E-state index contributed by atoms with van der Waals surface area (Å²) in [5.41, 5.74) is 2.50. The van der Waals surface area contributed by atoms with E-state index in [1.807, 2.05) is 32.0 Å². The van der Waals surface area contributed by atoms with Gasteiger partial charge in [0.25, 0.3) is 0 Å². The first-order valence-corrected chi connectivity index (χ1v) is 7.68. The minimum absolute atomic E-state index is 0.587. The lowest BCUT2D eigenvalue weighted by Crippen LogP contribution is -2.16. The SMILES string of the molecule is C=C/C=C\C(=C)B(O)C(=C)/C=C\C=C.CC.Cc1ccccc1. The Kier molecular flexibility index (Phi) is 16.0. The lowest BCUT2D eigenvalue weighted by molar-refractivity contribution is 0.593. The summed E-state index contributed by atoms with van der Waals surface area (Å²) in [4.78, 5) is 0. The van der Waals surface area contributed by atoms with Crippen molar-refractivity contribution in [2.45, 2.75) is 20.8 Å². The Bertz CT molecular complexity index is 494. The zero-order valence-corrected chi connectivity index (χ0v) is 14.7. The van der Waals surface area contributed by atoms with E-state index in [2.05, 4.69) is 45.4 Å². The molecule has 2 heteroatoms. The molecule has 0 aromatic heterocycles. The molecular weight excluding hydrogens is 279 g/mol. The summed E-state index contributed by atoms with van der Waals surface area (Å²) in [7, 11) is 0. The second kappa shape index (κ2) is 16.1. The molecule has 0 bridgehead atoms. The normalized spacial score (nSPS) is 9.22. The topological polar surface area (TPSA) is 20.2 Å². The van der Waals surface area contributed by atoms with Crippen molar-refractivity contribution in [1.82, 2.24) is 0 Å². The third-order valence-corrected chi connectivity index (χ3v) is 2.54. The quantitative estimate of drug-likeness (QED) is 0.530. The summed E-state index contributed by atoms with van der Waals surface area (Å²) < 4.78 is 0. The number of hydrogen-bond acceptors (Lipinski definition) is 1. The lowest BCUT2D eigenvalue weighted by atomic mass is 9.55. The number of allylic oxidation sites excluding steroid dienone is 8. The molecular formula is C21H29BO. The van der Waals surface area contributed by atoms with E-state index in [9.17, 15) is 5.02 Å². The Morgan fingerprint density at radius 2 is 1.30 bits per heavy atom. The van der Waals surface area contributed by atoms with Crippen molar-refractivity contribution in [3.05, 3.63) is 110 Å². The van der Waals surface area contributed by atoms with E-state index in [1.165, 1.54) is 5.56 Å². The Balaban J connectivity index is 0. The maximum absolute atomic E-state index is 9.67. The molecule has 122 valence electrons. The highest BCUT2D eigenvalue weighted by atomic mass is 16.2. The molecule has 0 saturated heterocycles. The van der Waals surface area contributed by atoms with Gasteiger partial charge in [-0.25, -0.2) is 0 Å². The van der Waals surface area contributed by atoms with E-state index in [-0.39, 0.29) is 0 Å². The number of rotatable bonds is 6. The van der Waals surface area contributed by atoms with Gasteiger partial charge in [0.05, 0.1) is 0 Å². The van der Waals surface area contributed by atoms with Crippen LogP contribution in [0.1, 0.15) is 19.4 Å². The van der Waals surface area contributed by atoms with Crippen LogP contribution in [0.25, 0.3) is 0 Å². The van der Waals surface area contributed by atoms with Crippen LogP contribution in [0.15, 0.2) is 104 Å². The first kappa shape index (κ1) is 23.0. The number of benzene rings is 1. The predicted octanol–water partition coefficient (Wildman–Crippen LogP) is 5.67.